The topological polar surface area (TPSA) is 149 Å². The van der Waals surface area contributed by atoms with E-state index in [1.807, 2.05) is 0 Å². The minimum absolute atomic E-state index is 0.193. The summed E-state index contributed by atoms with van der Waals surface area (Å²) < 4.78 is 32.7. The summed E-state index contributed by atoms with van der Waals surface area (Å²) >= 11 is 0. The summed E-state index contributed by atoms with van der Waals surface area (Å²) in [5, 5.41) is 18.3. The minimum Gasteiger partial charge on any atom is -0.462 e. The Morgan fingerprint density at radius 3 is 1.11 bits per heavy atom. The third-order valence-corrected chi connectivity index (χ3v) is 11.5. The van der Waals surface area contributed by atoms with Gasteiger partial charge < -0.3 is 24.6 Å². The van der Waals surface area contributed by atoms with Crippen LogP contribution in [0.15, 0.2) is 0 Å². The van der Waals surface area contributed by atoms with Gasteiger partial charge in [-0.05, 0) is 12.8 Å². The van der Waals surface area contributed by atoms with Crippen LogP contribution in [-0.2, 0) is 32.7 Å². The number of unbranched alkanes of at least 4 members (excludes halogenated alkanes) is 31. The average Bonchev–Trinajstić information content (AvgIpc) is 3.19. The standard InChI is InChI=1S/C45H89O10P/c1-3-5-7-9-11-13-15-16-17-18-19-20-21-22-23-24-25-27-29-31-33-35-37-45(49)55-43(41-54-56(50,51)53-39-42(47)38-46)40-52-44(48)36-34-32-30-28-26-14-12-10-8-6-4-2/h42-43,46-47H,3-41H2,1-2H3,(H,50,51)/t42-,43+/m0/s1. The Labute approximate surface area is 344 Å². The number of aliphatic hydroxyl groups is 2. The van der Waals surface area contributed by atoms with E-state index in [9.17, 15) is 24.2 Å². The van der Waals surface area contributed by atoms with E-state index in [1.165, 1.54) is 161 Å². The largest absolute Gasteiger partial charge is 0.472 e. The van der Waals surface area contributed by atoms with Crippen LogP contribution in [0, 0.1) is 0 Å². The van der Waals surface area contributed by atoms with E-state index in [4.69, 9.17) is 23.6 Å². The molecule has 10 nitrogen and oxygen atoms in total. The lowest BCUT2D eigenvalue weighted by Gasteiger charge is -2.20. The van der Waals surface area contributed by atoms with Gasteiger partial charge in [-0.1, -0.05) is 213 Å². The first-order valence-electron chi connectivity index (χ1n) is 23.5. The van der Waals surface area contributed by atoms with Crippen molar-refractivity contribution in [2.45, 2.75) is 251 Å². The number of carbonyl (C=O) groups is 2. The summed E-state index contributed by atoms with van der Waals surface area (Å²) in [6.45, 7) is 2.42. The van der Waals surface area contributed by atoms with Crippen molar-refractivity contribution in [2.24, 2.45) is 0 Å². The first kappa shape index (κ1) is 55.0. The van der Waals surface area contributed by atoms with E-state index in [0.717, 1.165) is 38.5 Å². The number of rotatable bonds is 45. The van der Waals surface area contributed by atoms with Crippen molar-refractivity contribution in [3.63, 3.8) is 0 Å². The number of phosphoric ester groups is 1. The van der Waals surface area contributed by atoms with Crippen LogP contribution >= 0.6 is 7.82 Å². The summed E-state index contributed by atoms with van der Waals surface area (Å²) in [4.78, 5) is 35.0. The summed E-state index contributed by atoms with van der Waals surface area (Å²) in [6.07, 6.45) is 39.4. The molecule has 0 aliphatic carbocycles. The van der Waals surface area contributed by atoms with Crippen molar-refractivity contribution >= 4 is 19.8 Å². The molecule has 0 amide bonds. The van der Waals surface area contributed by atoms with Crippen molar-refractivity contribution in [1.29, 1.82) is 0 Å². The second-order valence-electron chi connectivity index (χ2n) is 16.2. The normalized spacial score (nSPS) is 13.7. The third-order valence-electron chi connectivity index (χ3n) is 10.5. The predicted octanol–water partition coefficient (Wildman–Crippen LogP) is 12.6. The fourth-order valence-corrected chi connectivity index (χ4v) is 7.67. The molecule has 1 unspecified atom stereocenters. The molecular weight excluding hydrogens is 731 g/mol. The SMILES string of the molecule is CCCCCCCCCCCCCCCCCCCCCCCCC(=O)O[C@H](COC(=O)CCCCCCCCCCCCC)COP(=O)(O)OC[C@@H](O)CO. The monoisotopic (exact) mass is 821 g/mol. The Morgan fingerprint density at radius 1 is 0.464 bits per heavy atom. The van der Waals surface area contributed by atoms with E-state index in [0.29, 0.717) is 12.8 Å². The van der Waals surface area contributed by atoms with Crippen LogP contribution in [0.1, 0.15) is 239 Å². The van der Waals surface area contributed by atoms with Gasteiger partial charge in [0.25, 0.3) is 0 Å². The smallest absolute Gasteiger partial charge is 0.462 e. The molecule has 0 heterocycles. The zero-order valence-corrected chi connectivity index (χ0v) is 37.3. The summed E-state index contributed by atoms with van der Waals surface area (Å²) in [5.41, 5.74) is 0. The van der Waals surface area contributed by atoms with E-state index in [2.05, 4.69) is 13.8 Å². The highest BCUT2D eigenvalue weighted by molar-refractivity contribution is 7.47. The van der Waals surface area contributed by atoms with Gasteiger partial charge in [0.1, 0.15) is 12.7 Å². The molecule has 0 radical (unpaired) electrons. The van der Waals surface area contributed by atoms with Gasteiger partial charge >= 0.3 is 19.8 Å². The molecule has 3 N–H and O–H groups in total. The molecule has 0 aliphatic rings. The maximum atomic E-state index is 12.6. The highest BCUT2D eigenvalue weighted by Gasteiger charge is 2.27. The Morgan fingerprint density at radius 2 is 0.768 bits per heavy atom. The number of esters is 2. The first-order valence-corrected chi connectivity index (χ1v) is 25.0. The van der Waals surface area contributed by atoms with E-state index < -0.39 is 51.8 Å². The predicted molar refractivity (Wildman–Crippen MR) is 229 cm³/mol. The average molecular weight is 821 g/mol. The lowest BCUT2D eigenvalue weighted by atomic mass is 10.0. The maximum absolute atomic E-state index is 12.6. The van der Waals surface area contributed by atoms with Crippen LogP contribution in [-0.4, -0.2) is 65.7 Å². The van der Waals surface area contributed by atoms with Crippen molar-refractivity contribution in [3.8, 4) is 0 Å². The highest BCUT2D eigenvalue weighted by atomic mass is 31.2. The fourth-order valence-electron chi connectivity index (χ4n) is 6.88. The van der Waals surface area contributed by atoms with Crippen molar-refractivity contribution in [3.05, 3.63) is 0 Å². The lowest BCUT2D eigenvalue weighted by molar-refractivity contribution is -0.161. The molecule has 56 heavy (non-hydrogen) atoms. The van der Waals surface area contributed by atoms with Crippen LogP contribution in [0.4, 0.5) is 0 Å². The van der Waals surface area contributed by atoms with Gasteiger partial charge in [0.05, 0.1) is 19.8 Å². The molecular formula is C45H89O10P. The molecule has 0 aromatic heterocycles. The molecule has 0 aliphatic heterocycles. The van der Waals surface area contributed by atoms with Crippen molar-refractivity contribution < 1.29 is 47.8 Å². The van der Waals surface area contributed by atoms with Gasteiger partial charge in [0.2, 0.25) is 0 Å². The Hall–Kier alpha value is -1.03. The van der Waals surface area contributed by atoms with Crippen molar-refractivity contribution in [1.82, 2.24) is 0 Å². The van der Waals surface area contributed by atoms with Crippen LogP contribution in [0.5, 0.6) is 0 Å². The molecule has 0 fully saturated rings. The summed E-state index contributed by atoms with van der Waals surface area (Å²) in [6, 6.07) is 0. The number of carbonyl (C=O) groups excluding carboxylic acids is 2. The Balaban J connectivity index is 4.11. The summed E-state index contributed by atoms with van der Waals surface area (Å²) in [7, 11) is -4.61. The molecule has 11 heteroatoms. The zero-order chi connectivity index (χ0) is 41.2. The second kappa shape index (κ2) is 42.1. The van der Waals surface area contributed by atoms with Crippen LogP contribution in [0.25, 0.3) is 0 Å². The molecule has 0 rings (SSSR count). The molecule has 0 spiro atoms. The zero-order valence-electron chi connectivity index (χ0n) is 36.4. The number of hydrogen-bond acceptors (Lipinski definition) is 9. The van der Waals surface area contributed by atoms with Gasteiger partial charge in [-0.15, -0.1) is 0 Å². The third kappa shape index (κ3) is 41.1. The van der Waals surface area contributed by atoms with Crippen LogP contribution < -0.4 is 0 Å². The molecule has 0 saturated heterocycles. The number of phosphoric acid groups is 1. The Bertz CT molecular complexity index is 904. The van der Waals surface area contributed by atoms with E-state index >= 15 is 0 Å². The first-order chi connectivity index (χ1) is 27.2. The minimum atomic E-state index is -4.61. The molecule has 0 saturated carbocycles. The lowest BCUT2D eigenvalue weighted by Crippen LogP contribution is -2.29. The maximum Gasteiger partial charge on any atom is 0.472 e. The van der Waals surface area contributed by atoms with Gasteiger partial charge in [-0.2, -0.15) is 0 Å². The highest BCUT2D eigenvalue weighted by Crippen LogP contribution is 2.43. The van der Waals surface area contributed by atoms with Crippen LogP contribution in [0.2, 0.25) is 0 Å². The van der Waals surface area contributed by atoms with Crippen LogP contribution in [0.3, 0.4) is 0 Å². The molecule has 0 aromatic rings. The molecule has 0 bridgehead atoms. The molecule has 0 aromatic carbocycles. The Kier molecular flexibility index (Phi) is 41.3. The number of hydrogen-bond donors (Lipinski definition) is 3. The van der Waals surface area contributed by atoms with E-state index in [-0.39, 0.29) is 19.4 Å². The molecule has 334 valence electrons. The van der Waals surface area contributed by atoms with Gasteiger partial charge in [0, 0.05) is 12.8 Å². The van der Waals surface area contributed by atoms with Crippen molar-refractivity contribution in [2.75, 3.05) is 26.4 Å². The van der Waals surface area contributed by atoms with E-state index in [1.54, 1.807) is 0 Å². The number of aliphatic hydroxyl groups excluding tert-OH is 2. The van der Waals surface area contributed by atoms with Gasteiger partial charge in [-0.3, -0.25) is 18.6 Å². The molecule has 3 atom stereocenters. The number of ether oxygens (including phenoxy) is 2. The summed E-state index contributed by atoms with van der Waals surface area (Å²) in [5.74, 6) is -0.909. The van der Waals surface area contributed by atoms with Gasteiger partial charge in [0.15, 0.2) is 6.10 Å². The second-order valence-corrected chi connectivity index (χ2v) is 17.6. The van der Waals surface area contributed by atoms with Gasteiger partial charge in [-0.25, -0.2) is 4.57 Å². The quantitative estimate of drug-likeness (QED) is 0.0308. The fraction of sp³-hybridized carbons (Fsp3) is 0.956.